The first-order valence-corrected chi connectivity index (χ1v) is 6.37. The summed E-state index contributed by atoms with van der Waals surface area (Å²) in [6.07, 6.45) is 4.24. The third kappa shape index (κ3) is 2.12. The quantitative estimate of drug-likeness (QED) is 0.599. The molecule has 0 saturated carbocycles. The van der Waals surface area contributed by atoms with Crippen molar-refractivity contribution in [2.45, 2.75) is 0 Å². The first-order valence-electron chi connectivity index (χ1n) is 5.49. The molecule has 3 aromatic rings. The molecular weight excluding hydrogens is 226 g/mol. The van der Waals surface area contributed by atoms with Crippen molar-refractivity contribution in [3.05, 3.63) is 65.2 Å². The summed E-state index contributed by atoms with van der Waals surface area (Å²) in [7, 11) is 0. The second-order valence-electron chi connectivity index (χ2n) is 3.79. The van der Waals surface area contributed by atoms with Crippen molar-refractivity contribution in [2.75, 3.05) is 0 Å². The maximum absolute atomic E-state index is 4.40. The number of hydrogen-bond acceptors (Lipinski definition) is 2. The topological polar surface area (TPSA) is 12.9 Å². The lowest BCUT2D eigenvalue weighted by atomic mass is 10.1. The minimum Gasteiger partial charge on any atom is -0.244 e. The van der Waals surface area contributed by atoms with Gasteiger partial charge in [0.15, 0.2) is 0 Å². The molecule has 0 aliphatic rings. The molecule has 0 atom stereocenters. The highest BCUT2D eigenvalue weighted by Crippen LogP contribution is 2.22. The number of fused-ring (bicyclic) bond motifs is 1. The third-order valence-electron chi connectivity index (χ3n) is 2.65. The van der Waals surface area contributed by atoms with E-state index in [4.69, 9.17) is 0 Å². The SMILES string of the molecule is C(=C\c1cccc2scnc12)/c1ccccc1. The number of nitrogens with zero attached hydrogens (tertiary/aromatic N) is 1. The summed E-state index contributed by atoms with van der Waals surface area (Å²) < 4.78 is 1.24. The fraction of sp³-hybridized carbons (Fsp3) is 0. The number of hydrogen-bond donors (Lipinski definition) is 0. The van der Waals surface area contributed by atoms with Crippen LogP contribution >= 0.6 is 11.3 Å². The van der Waals surface area contributed by atoms with E-state index in [-0.39, 0.29) is 0 Å². The van der Waals surface area contributed by atoms with Gasteiger partial charge in [-0.2, -0.15) is 0 Å². The number of benzene rings is 2. The van der Waals surface area contributed by atoms with Crippen molar-refractivity contribution in [1.29, 1.82) is 0 Å². The molecule has 3 rings (SSSR count). The average Bonchev–Trinajstić information content (AvgIpc) is 2.86. The van der Waals surface area contributed by atoms with Crippen molar-refractivity contribution in [3.8, 4) is 0 Å². The molecule has 2 aromatic carbocycles. The Hall–Kier alpha value is -1.93. The molecule has 0 amide bonds. The van der Waals surface area contributed by atoms with Gasteiger partial charge in [-0.3, -0.25) is 0 Å². The second kappa shape index (κ2) is 4.52. The van der Waals surface area contributed by atoms with E-state index in [1.807, 2.05) is 23.7 Å². The van der Waals surface area contributed by atoms with E-state index in [0.717, 1.165) is 5.52 Å². The van der Waals surface area contributed by atoms with Crippen molar-refractivity contribution in [1.82, 2.24) is 4.98 Å². The van der Waals surface area contributed by atoms with E-state index in [9.17, 15) is 0 Å². The van der Waals surface area contributed by atoms with Gasteiger partial charge in [-0.1, -0.05) is 54.6 Å². The zero-order valence-electron chi connectivity index (χ0n) is 9.21. The first-order chi connectivity index (χ1) is 8.43. The lowest BCUT2D eigenvalue weighted by molar-refractivity contribution is 1.49. The second-order valence-corrected chi connectivity index (χ2v) is 4.68. The summed E-state index contributed by atoms with van der Waals surface area (Å²) in [5.41, 5.74) is 5.36. The monoisotopic (exact) mass is 237 g/mol. The Morgan fingerprint density at radius 3 is 2.65 bits per heavy atom. The van der Waals surface area contributed by atoms with Crippen LogP contribution in [0.25, 0.3) is 22.4 Å². The van der Waals surface area contributed by atoms with Crippen LogP contribution in [-0.4, -0.2) is 4.98 Å². The van der Waals surface area contributed by atoms with E-state index in [2.05, 4.69) is 47.5 Å². The summed E-state index contributed by atoms with van der Waals surface area (Å²) >= 11 is 1.68. The average molecular weight is 237 g/mol. The van der Waals surface area contributed by atoms with Crippen LogP contribution in [0, 0.1) is 0 Å². The van der Waals surface area contributed by atoms with Gasteiger partial charge >= 0.3 is 0 Å². The van der Waals surface area contributed by atoms with Gasteiger partial charge in [0, 0.05) is 5.56 Å². The molecule has 82 valence electrons. The van der Waals surface area contributed by atoms with Crippen molar-refractivity contribution >= 4 is 33.7 Å². The predicted molar refractivity (Wildman–Crippen MR) is 75.0 cm³/mol. The highest BCUT2D eigenvalue weighted by molar-refractivity contribution is 7.16. The largest absolute Gasteiger partial charge is 0.244 e. The third-order valence-corrected chi connectivity index (χ3v) is 3.44. The van der Waals surface area contributed by atoms with Crippen molar-refractivity contribution in [2.24, 2.45) is 0 Å². The van der Waals surface area contributed by atoms with Gasteiger partial charge in [0.05, 0.1) is 15.7 Å². The Balaban J connectivity index is 2.00. The summed E-state index contributed by atoms with van der Waals surface area (Å²) in [5.74, 6) is 0. The predicted octanol–water partition coefficient (Wildman–Crippen LogP) is 4.47. The van der Waals surface area contributed by atoms with E-state index < -0.39 is 0 Å². The van der Waals surface area contributed by atoms with Crippen LogP contribution in [0.15, 0.2) is 54.0 Å². The Bertz CT molecular complexity index is 653. The molecule has 1 aromatic heterocycles. The normalized spacial score (nSPS) is 11.3. The zero-order valence-corrected chi connectivity index (χ0v) is 10.0. The number of para-hydroxylation sites is 1. The molecule has 1 nitrogen and oxygen atoms in total. The van der Waals surface area contributed by atoms with E-state index in [1.54, 1.807) is 11.3 Å². The molecule has 0 spiro atoms. The van der Waals surface area contributed by atoms with Crippen LogP contribution in [0.5, 0.6) is 0 Å². The van der Waals surface area contributed by atoms with Crippen molar-refractivity contribution in [3.63, 3.8) is 0 Å². The van der Waals surface area contributed by atoms with Crippen LogP contribution in [0.3, 0.4) is 0 Å². The van der Waals surface area contributed by atoms with Gasteiger partial charge in [-0.15, -0.1) is 11.3 Å². The fourth-order valence-corrected chi connectivity index (χ4v) is 2.50. The number of rotatable bonds is 2. The summed E-state index contributed by atoms with van der Waals surface area (Å²) in [5, 5.41) is 0. The molecule has 17 heavy (non-hydrogen) atoms. The maximum atomic E-state index is 4.40. The molecule has 0 saturated heterocycles. The van der Waals surface area contributed by atoms with Gasteiger partial charge in [0.2, 0.25) is 0 Å². The minimum absolute atomic E-state index is 1.09. The zero-order chi connectivity index (χ0) is 11.5. The van der Waals surface area contributed by atoms with Gasteiger partial charge in [-0.05, 0) is 11.6 Å². The van der Waals surface area contributed by atoms with Gasteiger partial charge in [0.1, 0.15) is 0 Å². The first kappa shape index (κ1) is 10.2. The number of aromatic nitrogens is 1. The summed E-state index contributed by atoms with van der Waals surface area (Å²) in [4.78, 5) is 4.40. The molecule has 0 bridgehead atoms. The maximum Gasteiger partial charge on any atom is 0.0884 e. The molecule has 0 N–H and O–H groups in total. The molecule has 0 unspecified atom stereocenters. The van der Waals surface area contributed by atoms with Gasteiger partial charge < -0.3 is 0 Å². The van der Waals surface area contributed by atoms with Crippen LogP contribution in [-0.2, 0) is 0 Å². The summed E-state index contributed by atoms with van der Waals surface area (Å²) in [6.45, 7) is 0. The van der Waals surface area contributed by atoms with E-state index in [1.165, 1.54) is 15.8 Å². The smallest absolute Gasteiger partial charge is 0.0884 e. The fourth-order valence-electron chi connectivity index (χ4n) is 1.79. The summed E-state index contributed by atoms with van der Waals surface area (Å²) in [6, 6.07) is 16.6. The molecule has 0 radical (unpaired) electrons. The standard InChI is InChI=1S/C15H11NS/c1-2-5-12(6-3-1)9-10-13-7-4-8-14-15(13)16-11-17-14/h1-11H/b10-9+. The molecule has 0 aliphatic carbocycles. The van der Waals surface area contributed by atoms with Crippen LogP contribution in [0.2, 0.25) is 0 Å². The van der Waals surface area contributed by atoms with E-state index in [0.29, 0.717) is 0 Å². The minimum atomic E-state index is 1.09. The lowest BCUT2D eigenvalue weighted by Crippen LogP contribution is -1.75. The highest BCUT2D eigenvalue weighted by Gasteiger charge is 1.99. The van der Waals surface area contributed by atoms with Gasteiger partial charge in [-0.25, -0.2) is 4.98 Å². The lowest BCUT2D eigenvalue weighted by Gasteiger charge is -1.95. The molecule has 0 aliphatic heterocycles. The molecule has 2 heteroatoms. The Morgan fingerprint density at radius 1 is 0.882 bits per heavy atom. The van der Waals surface area contributed by atoms with Crippen LogP contribution in [0.1, 0.15) is 11.1 Å². The van der Waals surface area contributed by atoms with Gasteiger partial charge in [0.25, 0.3) is 0 Å². The Kier molecular flexibility index (Phi) is 2.72. The molecule has 0 fully saturated rings. The highest BCUT2D eigenvalue weighted by atomic mass is 32.1. The molecule has 1 heterocycles. The van der Waals surface area contributed by atoms with E-state index >= 15 is 0 Å². The molecular formula is C15H11NS. The van der Waals surface area contributed by atoms with Crippen LogP contribution in [0.4, 0.5) is 0 Å². The van der Waals surface area contributed by atoms with Crippen molar-refractivity contribution < 1.29 is 0 Å². The van der Waals surface area contributed by atoms with Crippen LogP contribution < -0.4 is 0 Å². The number of thiazole rings is 1. The Labute approximate surface area is 104 Å². The Morgan fingerprint density at radius 2 is 1.76 bits per heavy atom.